The number of anilines is 1. The zero-order chi connectivity index (χ0) is 21.1. The maximum absolute atomic E-state index is 12.4. The van der Waals surface area contributed by atoms with E-state index in [1.54, 1.807) is 53.1 Å². The highest BCUT2D eigenvalue weighted by Crippen LogP contribution is 2.30. The van der Waals surface area contributed by atoms with Gasteiger partial charge in [-0.2, -0.15) is 0 Å². The highest BCUT2D eigenvalue weighted by atomic mass is 32.2. The van der Waals surface area contributed by atoms with Gasteiger partial charge in [-0.15, -0.1) is 16.8 Å². The van der Waals surface area contributed by atoms with Crippen molar-refractivity contribution >= 4 is 34.4 Å². The monoisotopic (exact) mass is 422 g/mol. The molecule has 0 unspecified atom stereocenters. The molecule has 1 amide bonds. The van der Waals surface area contributed by atoms with Crippen LogP contribution in [0.3, 0.4) is 0 Å². The number of carbonyl (C=O) groups excluding carboxylic acids is 1. The zero-order valence-electron chi connectivity index (χ0n) is 15.8. The summed E-state index contributed by atoms with van der Waals surface area (Å²) in [5.74, 6) is 0.479. The number of hydrogen-bond acceptors (Lipinski definition) is 6. The van der Waals surface area contributed by atoms with Gasteiger partial charge in [-0.25, -0.2) is 4.79 Å². The molecule has 0 aliphatic rings. The van der Waals surface area contributed by atoms with Crippen molar-refractivity contribution in [1.82, 2.24) is 24.7 Å². The lowest BCUT2D eigenvalue weighted by Crippen LogP contribution is -2.14. The predicted molar refractivity (Wildman–Crippen MR) is 116 cm³/mol. The largest absolute Gasteiger partial charge is 0.507 e. The number of nitrogens with zero attached hydrogens (tertiary/aromatic N) is 3. The maximum Gasteiger partial charge on any atom is 0.323 e. The zero-order valence-corrected chi connectivity index (χ0v) is 16.6. The van der Waals surface area contributed by atoms with E-state index >= 15 is 0 Å². The Hall–Kier alpha value is -3.79. The van der Waals surface area contributed by atoms with Crippen LogP contribution in [0.5, 0.6) is 5.75 Å². The van der Waals surface area contributed by atoms with Crippen LogP contribution in [0.1, 0.15) is 0 Å². The molecular formula is C20H18N6O3S. The summed E-state index contributed by atoms with van der Waals surface area (Å²) in [7, 11) is 0. The quantitative estimate of drug-likeness (QED) is 0.268. The van der Waals surface area contributed by atoms with E-state index in [4.69, 9.17) is 0 Å². The third-order valence-corrected chi connectivity index (χ3v) is 5.27. The first-order valence-corrected chi connectivity index (χ1v) is 10.0. The molecule has 0 saturated carbocycles. The van der Waals surface area contributed by atoms with Crippen molar-refractivity contribution in [2.75, 3.05) is 11.1 Å². The van der Waals surface area contributed by atoms with Crippen LogP contribution < -0.4 is 11.0 Å². The van der Waals surface area contributed by atoms with E-state index in [0.29, 0.717) is 39.8 Å². The molecule has 2 aromatic heterocycles. The number of hydrogen-bond donors (Lipinski definition) is 4. The normalized spacial score (nSPS) is 10.9. The molecular weight excluding hydrogens is 404 g/mol. The lowest BCUT2D eigenvalue weighted by Gasteiger charge is -2.09. The lowest BCUT2D eigenvalue weighted by atomic mass is 10.2. The Morgan fingerprint density at radius 2 is 2.00 bits per heavy atom. The number of benzene rings is 2. The van der Waals surface area contributed by atoms with E-state index in [2.05, 4.69) is 32.1 Å². The minimum Gasteiger partial charge on any atom is -0.507 e. The lowest BCUT2D eigenvalue weighted by molar-refractivity contribution is -0.113. The Bertz CT molecular complexity index is 1290. The fourth-order valence-corrected chi connectivity index (χ4v) is 3.74. The molecule has 2 aromatic carbocycles. The van der Waals surface area contributed by atoms with Crippen LogP contribution in [-0.4, -0.2) is 41.5 Å². The van der Waals surface area contributed by atoms with Gasteiger partial charge in [0.15, 0.2) is 11.0 Å². The first kappa shape index (κ1) is 19.5. The number of thioether (sulfide) groups is 1. The third kappa shape index (κ3) is 3.98. The average Bonchev–Trinajstić information content (AvgIpc) is 3.29. The highest BCUT2D eigenvalue weighted by molar-refractivity contribution is 7.99. The van der Waals surface area contributed by atoms with Gasteiger partial charge in [0, 0.05) is 12.2 Å². The fourth-order valence-electron chi connectivity index (χ4n) is 2.99. The molecule has 0 aliphatic heterocycles. The van der Waals surface area contributed by atoms with Gasteiger partial charge < -0.3 is 20.4 Å². The van der Waals surface area contributed by atoms with Crippen molar-refractivity contribution in [3.05, 3.63) is 65.6 Å². The number of aromatic amines is 2. The molecule has 9 nitrogen and oxygen atoms in total. The van der Waals surface area contributed by atoms with Crippen molar-refractivity contribution in [3.8, 4) is 17.1 Å². The van der Waals surface area contributed by atoms with E-state index in [1.165, 1.54) is 11.8 Å². The van der Waals surface area contributed by atoms with Crippen LogP contribution in [0.25, 0.3) is 22.4 Å². The van der Waals surface area contributed by atoms with Crippen molar-refractivity contribution in [2.24, 2.45) is 0 Å². The van der Waals surface area contributed by atoms with Crippen LogP contribution in [0, 0.1) is 0 Å². The van der Waals surface area contributed by atoms with E-state index in [0.717, 1.165) is 0 Å². The fraction of sp³-hybridized carbons (Fsp3) is 0.100. The number of imidazole rings is 1. The summed E-state index contributed by atoms with van der Waals surface area (Å²) in [6.45, 7) is 4.19. The number of fused-ring (bicyclic) bond motifs is 1. The van der Waals surface area contributed by atoms with E-state index < -0.39 is 0 Å². The Kier molecular flexibility index (Phi) is 5.40. The first-order valence-electron chi connectivity index (χ1n) is 9.02. The van der Waals surface area contributed by atoms with Gasteiger partial charge in [-0.3, -0.25) is 9.36 Å². The molecule has 0 fully saturated rings. The summed E-state index contributed by atoms with van der Waals surface area (Å²) in [6.07, 6.45) is 1.70. The van der Waals surface area contributed by atoms with Gasteiger partial charge in [0.05, 0.1) is 22.3 Å². The third-order valence-electron chi connectivity index (χ3n) is 4.31. The number of amides is 1. The molecule has 0 bridgehead atoms. The summed E-state index contributed by atoms with van der Waals surface area (Å²) in [5.41, 5.74) is 2.11. The maximum atomic E-state index is 12.4. The Labute approximate surface area is 174 Å². The van der Waals surface area contributed by atoms with Crippen molar-refractivity contribution in [3.63, 3.8) is 0 Å². The molecule has 2 heterocycles. The second-order valence-corrected chi connectivity index (χ2v) is 7.34. The number of phenols is 1. The molecule has 0 radical (unpaired) electrons. The van der Waals surface area contributed by atoms with Gasteiger partial charge in [-0.05, 0) is 30.3 Å². The Morgan fingerprint density at radius 3 is 2.80 bits per heavy atom. The molecule has 0 saturated heterocycles. The number of para-hydroxylation sites is 1. The van der Waals surface area contributed by atoms with Gasteiger partial charge in [0.1, 0.15) is 5.75 Å². The van der Waals surface area contributed by atoms with E-state index in [-0.39, 0.29) is 23.1 Å². The van der Waals surface area contributed by atoms with Gasteiger partial charge in [0.25, 0.3) is 0 Å². The van der Waals surface area contributed by atoms with Crippen LogP contribution in [0.15, 0.2) is 65.1 Å². The van der Waals surface area contributed by atoms with Crippen LogP contribution in [0.2, 0.25) is 0 Å². The minimum atomic E-state index is -0.300. The van der Waals surface area contributed by atoms with Crippen molar-refractivity contribution in [1.29, 1.82) is 0 Å². The molecule has 4 aromatic rings. The molecule has 0 aliphatic carbocycles. The molecule has 0 atom stereocenters. The van der Waals surface area contributed by atoms with E-state index in [9.17, 15) is 14.7 Å². The number of H-pyrrole nitrogens is 2. The van der Waals surface area contributed by atoms with Crippen molar-refractivity contribution < 1.29 is 9.90 Å². The average molecular weight is 422 g/mol. The highest BCUT2D eigenvalue weighted by Gasteiger charge is 2.17. The minimum absolute atomic E-state index is 0.0997. The smallest absolute Gasteiger partial charge is 0.323 e. The number of allylic oxidation sites excluding steroid dienone is 1. The molecule has 30 heavy (non-hydrogen) atoms. The number of rotatable bonds is 7. The Morgan fingerprint density at radius 1 is 1.20 bits per heavy atom. The summed E-state index contributed by atoms with van der Waals surface area (Å²) in [6, 6.07) is 12.0. The van der Waals surface area contributed by atoms with Gasteiger partial charge >= 0.3 is 5.69 Å². The molecule has 10 heteroatoms. The van der Waals surface area contributed by atoms with Crippen LogP contribution >= 0.6 is 11.8 Å². The van der Waals surface area contributed by atoms with Crippen molar-refractivity contribution in [2.45, 2.75) is 11.7 Å². The molecule has 0 spiro atoms. The number of carbonyl (C=O) groups is 1. The summed E-state index contributed by atoms with van der Waals surface area (Å²) in [4.78, 5) is 29.1. The second kappa shape index (κ2) is 8.29. The van der Waals surface area contributed by atoms with Crippen LogP contribution in [-0.2, 0) is 11.3 Å². The number of phenolic OH excluding ortho intramolecular Hbond substituents is 1. The molecule has 152 valence electrons. The van der Waals surface area contributed by atoms with Crippen LogP contribution in [0.4, 0.5) is 5.69 Å². The summed E-state index contributed by atoms with van der Waals surface area (Å²) in [5, 5.41) is 21.8. The predicted octanol–water partition coefficient (Wildman–Crippen LogP) is 2.74. The topological polar surface area (TPSA) is 129 Å². The van der Waals surface area contributed by atoms with Gasteiger partial charge in [-0.1, -0.05) is 30.0 Å². The summed E-state index contributed by atoms with van der Waals surface area (Å²) >= 11 is 1.23. The molecule has 4 N–H and O–H groups in total. The first-order chi connectivity index (χ1) is 14.5. The number of aromatic hydroxyl groups is 1. The van der Waals surface area contributed by atoms with Gasteiger partial charge in [0.2, 0.25) is 5.91 Å². The van der Waals surface area contributed by atoms with E-state index in [1.807, 2.05) is 0 Å². The summed E-state index contributed by atoms with van der Waals surface area (Å²) < 4.78 is 1.79. The second-order valence-electron chi connectivity index (χ2n) is 6.40. The standard InChI is InChI=1S/C20H18N6O3S/c1-2-9-26-18(13-5-3-4-6-16(13)27)24-25-20(26)30-11-17(28)21-12-7-8-14-15(10-12)23-19(29)22-14/h2-8,10,27H,1,9,11H2,(H,21,28)(H2,22,23,29). The SMILES string of the molecule is C=CCn1c(SCC(=O)Nc2ccc3[nH]c(=O)[nH]c3c2)nnc1-c1ccccc1O. The number of nitrogens with one attached hydrogen (secondary N) is 3. The number of aromatic nitrogens is 5. The Balaban J connectivity index is 1.48. The molecule has 4 rings (SSSR count).